The number of likely N-dealkylation sites (N-methyl/N-ethyl adjacent to an activating group) is 1. The molecule has 0 aromatic heterocycles. The van der Waals surface area contributed by atoms with Gasteiger partial charge in [-0.05, 0) is 25.9 Å². The van der Waals surface area contributed by atoms with E-state index in [1.807, 2.05) is 0 Å². The standard InChI is InChI=1S/C12H25N3O3/c1-3-9-15(4-2)10-8-14-12(18)13-7-5-6-11(16)17/h3-10H2,1-2H3,(H,16,17)(H2,13,14,18). The van der Waals surface area contributed by atoms with Gasteiger partial charge in [0, 0.05) is 26.1 Å². The molecular formula is C12H25N3O3. The number of hydrogen-bond acceptors (Lipinski definition) is 3. The van der Waals surface area contributed by atoms with Gasteiger partial charge in [-0.15, -0.1) is 0 Å². The summed E-state index contributed by atoms with van der Waals surface area (Å²) in [6.45, 7) is 8.09. The van der Waals surface area contributed by atoms with Crippen molar-refractivity contribution in [2.24, 2.45) is 0 Å². The molecule has 0 atom stereocenters. The van der Waals surface area contributed by atoms with E-state index in [2.05, 4.69) is 29.4 Å². The van der Waals surface area contributed by atoms with E-state index in [1.54, 1.807) is 0 Å². The van der Waals surface area contributed by atoms with Crippen LogP contribution in [-0.4, -0.2) is 54.7 Å². The maximum Gasteiger partial charge on any atom is 0.314 e. The molecule has 0 aliphatic carbocycles. The van der Waals surface area contributed by atoms with Gasteiger partial charge >= 0.3 is 12.0 Å². The number of nitrogens with zero attached hydrogens (tertiary/aromatic N) is 1. The highest BCUT2D eigenvalue weighted by Crippen LogP contribution is 1.89. The molecule has 0 aliphatic heterocycles. The molecule has 3 N–H and O–H groups in total. The van der Waals surface area contributed by atoms with Gasteiger partial charge in [-0.25, -0.2) is 4.79 Å². The summed E-state index contributed by atoms with van der Waals surface area (Å²) >= 11 is 0. The molecule has 0 spiro atoms. The summed E-state index contributed by atoms with van der Waals surface area (Å²) in [7, 11) is 0. The molecule has 2 amide bonds. The van der Waals surface area contributed by atoms with Gasteiger partial charge in [0.15, 0.2) is 0 Å². The first-order chi connectivity index (χ1) is 8.60. The van der Waals surface area contributed by atoms with Crippen LogP contribution < -0.4 is 10.6 Å². The summed E-state index contributed by atoms with van der Waals surface area (Å²) in [5, 5.41) is 13.8. The molecule has 0 radical (unpaired) electrons. The summed E-state index contributed by atoms with van der Waals surface area (Å²) < 4.78 is 0. The molecule has 6 nitrogen and oxygen atoms in total. The monoisotopic (exact) mass is 259 g/mol. The average molecular weight is 259 g/mol. The predicted octanol–water partition coefficient (Wildman–Crippen LogP) is 0.882. The SMILES string of the molecule is CCCN(CC)CCNC(=O)NCCCC(=O)O. The maximum absolute atomic E-state index is 11.3. The van der Waals surface area contributed by atoms with Gasteiger partial charge in [0.05, 0.1) is 0 Å². The molecule has 0 heterocycles. The fourth-order valence-corrected chi connectivity index (χ4v) is 1.58. The first-order valence-electron chi connectivity index (χ1n) is 6.56. The third-order valence-electron chi connectivity index (χ3n) is 2.55. The van der Waals surface area contributed by atoms with Crippen molar-refractivity contribution >= 4 is 12.0 Å². The summed E-state index contributed by atoms with van der Waals surface area (Å²) in [5.41, 5.74) is 0. The molecule has 0 aromatic rings. The van der Waals surface area contributed by atoms with E-state index in [4.69, 9.17) is 5.11 Å². The van der Waals surface area contributed by atoms with Gasteiger partial charge in [-0.3, -0.25) is 4.79 Å². The number of amides is 2. The predicted molar refractivity (Wildman–Crippen MR) is 70.7 cm³/mol. The zero-order chi connectivity index (χ0) is 13.8. The molecule has 0 bridgehead atoms. The summed E-state index contributed by atoms with van der Waals surface area (Å²) in [5.74, 6) is -0.838. The third-order valence-corrected chi connectivity index (χ3v) is 2.55. The summed E-state index contributed by atoms with van der Waals surface area (Å²) in [6, 6.07) is -0.229. The van der Waals surface area contributed by atoms with Crippen LogP contribution in [0.3, 0.4) is 0 Å². The molecule has 0 fully saturated rings. The highest BCUT2D eigenvalue weighted by molar-refractivity contribution is 5.73. The van der Waals surface area contributed by atoms with Gasteiger partial charge in [-0.1, -0.05) is 13.8 Å². The van der Waals surface area contributed by atoms with Gasteiger partial charge < -0.3 is 20.6 Å². The molecule has 0 saturated heterocycles. The van der Waals surface area contributed by atoms with E-state index < -0.39 is 5.97 Å². The van der Waals surface area contributed by atoms with Crippen molar-refractivity contribution in [1.82, 2.24) is 15.5 Å². The second kappa shape index (κ2) is 10.8. The average Bonchev–Trinajstić information content (AvgIpc) is 2.33. The first kappa shape index (κ1) is 16.7. The first-order valence-corrected chi connectivity index (χ1v) is 6.56. The highest BCUT2D eigenvalue weighted by atomic mass is 16.4. The van der Waals surface area contributed by atoms with E-state index in [0.717, 1.165) is 26.1 Å². The Bertz CT molecular complexity index is 247. The lowest BCUT2D eigenvalue weighted by Crippen LogP contribution is -2.40. The van der Waals surface area contributed by atoms with Crippen LogP contribution in [0, 0.1) is 0 Å². The number of carbonyl (C=O) groups excluding carboxylic acids is 1. The van der Waals surface area contributed by atoms with Crippen molar-refractivity contribution in [1.29, 1.82) is 0 Å². The van der Waals surface area contributed by atoms with Crippen molar-refractivity contribution in [3.05, 3.63) is 0 Å². The van der Waals surface area contributed by atoms with E-state index in [9.17, 15) is 9.59 Å². The number of nitrogens with one attached hydrogen (secondary N) is 2. The lowest BCUT2D eigenvalue weighted by atomic mass is 10.3. The number of carboxylic acid groups (broad SMARTS) is 1. The normalized spacial score (nSPS) is 10.4. The van der Waals surface area contributed by atoms with Crippen LogP contribution in [0.4, 0.5) is 4.79 Å². The Labute approximate surface area is 109 Å². The minimum absolute atomic E-state index is 0.0837. The molecule has 0 rings (SSSR count). The molecule has 0 unspecified atom stereocenters. The third kappa shape index (κ3) is 9.89. The summed E-state index contributed by atoms with van der Waals surface area (Å²) in [6.07, 6.45) is 1.65. The van der Waals surface area contributed by atoms with Crippen LogP contribution in [0.1, 0.15) is 33.1 Å². The zero-order valence-corrected chi connectivity index (χ0v) is 11.4. The fraction of sp³-hybridized carbons (Fsp3) is 0.833. The van der Waals surface area contributed by atoms with Crippen molar-refractivity contribution in [2.45, 2.75) is 33.1 Å². The van der Waals surface area contributed by atoms with Crippen LogP contribution >= 0.6 is 0 Å². The molecule has 0 aromatic carbocycles. The number of carboxylic acids is 1. The van der Waals surface area contributed by atoms with Gasteiger partial charge in [0.25, 0.3) is 0 Å². The smallest absolute Gasteiger partial charge is 0.314 e. The Morgan fingerprint density at radius 2 is 1.78 bits per heavy atom. The van der Waals surface area contributed by atoms with E-state index in [1.165, 1.54) is 0 Å². The second-order valence-electron chi connectivity index (χ2n) is 4.11. The molecular weight excluding hydrogens is 234 g/mol. The Morgan fingerprint density at radius 3 is 2.33 bits per heavy atom. The van der Waals surface area contributed by atoms with Crippen LogP contribution in [-0.2, 0) is 4.79 Å². The minimum atomic E-state index is -0.838. The largest absolute Gasteiger partial charge is 0.481 e. The Morgan fingerprint density at radius 1 is 1.11 bits per heavy atom. The number of carbonyl (C=O) groups is 2. The molecule has 0 aliphatic rings. The van der Waals surface area contributed by atoms with E-state index in [0.29, 0.717) is 19.5 Å². The summed E-state index contributed by atoms with van der Waals surface area (Å²) in [4.78, 5) is 23.8. The highest BCUT2D eigenvalue weighted by Gasteiger charge is 2.03. The molecule has 18 heavy (non-hydrogen) atoms. The van der Waals surface area contributed by atoms with Crippen LogP contribution in [0.25, 0.3) is 0 Å². The number of aliphatic carboxylic acids is 1. The van der Waals surface area contributed by atoms with Crippen molar-refractivity contribution in [3.8, 4) is 0 Å². The lowest BCUT2D eigenvalue weighted by Gasteiger charge is -2.19. The lowest BCUT2D eigenvalue weighted by molar-refractivity contribution is -0.137. The van der Waals surface area contributed by atoms with E-state index in [-0.39, 0.29) is 12.5 Å². The fourth-order valence-electron chi connectivity index (χ4n) is 1.58. The second-order valence-corrected chi connectivity index (χ2v) is 4.11. The number of rotatable bonds is 10. The quantitative estimate of drug-likeness (QED) is 0.509. The topological polar surface area (TPSA) is 81.7 Å². The van der Waals surface area contributed by atoms with E-state index >= 15 is 0 Å². The Balaban J connectivity index is 3.49. The van der Waals surface area contributed by atoms with Gasteiger partial charge in [0.1, 0.15) is 0 Å². The van der Waals surface area contributed by atoms with Crippen LogP contribution in [0.2, 0.25) is 0 Å². The van der Waals surface area contributed by atoms with Crippen LogP contribution in [0.5, 0.6) is 0 Å². The zero-order valence-electron chi connectivity index (χ0n) is 11.4. The van der Waals surface area contributed by atoms with Crippen molar-refractivity contribution in [2.75, 3.05) is 32.7 Å². The van der Waals surface area contributed by atoms with Crippen molar-refractivity contribution in [3.63, 3.8) is 0 Å². The molecule has 106 valence electrons. The Hall–Kier alpha value is -1.30. The Kier molecular flexibility index (Phi) is 10.0. The minimum Gasteiger partial charge on any atom is -0.481 e. The molecule has 6 heteroatoms. The van der Waals surface area contributed by atoms with Crippen molar-refractivity contribution < 1.29 is 14.7 Å². The van der Waals surface area contributed by atoms with Crippen LogP contribution in [0.15, 0.2) is 0 Å². The molecule has 0 saturated carbocycles. The number of urea groups is 1. The van der Waals surface area contributed by atoms with Gasteiger partial charge in [0.2, 0.25) is 0 Å². The number of hydrogen-bond donors (Lipinski definition) is 3. The van der Waals surface area contributed by atoms with Gasteiger partial charge in [-0.2, -0.15) is 0 Å². The maximum atomic E-state index is 11.3.